The molecule has 1 atom stereocenters. The second-order valence-corrected chi connectivity index (χ2v) is 8.13. The van der Waals surface area contributed by atoms with E-state index >= 15 is 0 Å². The number of carbonyl (C=O) groups is 1. The molecule has 29 heavy (non-hydrogen) atoms. The van der Waals surface area contributed by atoms with Crippen LogP contribution in [0.2, 0.25) is 0 Å². The van der Waals surface area contributed by atoms with Crippen molar-refractivity contribution in [2.75, 3.05) is 26.3 Å². The third-order valence-electron chi connectivity index (χ3n) is 5.91. The summed E-state index contributed by atoms with van der Waals surface area (Å²) in [5, 5.41) is 0. The molecule has 3 aliphatic rings. The average molecular weight is 395 g/mol. The molecule has 1 amide bonds. The Bertz CT molecular complexity index is 883. The van der Waals surface area contributed by atoms with Crippen molar-refractivity contribution in [1.82, 2.24) is 14.9 Å². The van der Waals surface area contributed by atoms with Gasteiger partial charge in [0, 0.05) is 25.2 Å². The van der Waals surface area contributed by atoms with Gasteiger partial charge in [-0.2, -0.15) is 0 Å². The Hall–Kier alpha value is -2.67. The number of benzene rings is 1. The number of rotatable bonds is 4. The SMILES string of the molecule is O=C(Cc1ccc2c(c1)CCCO2)N1CC2(C[C@@H](Oc3cnccn3)CCO2)C1. The fourth-order valence-corrected chi connectivity index (χ4v) is 4.46. The highest BCUT2D eigenvalue weighted by molar-refractivity contribution is 5.80. The Kier molecular flexibility index (Phi) is 4.83. The predicted molar refractivity (Wildman–Crippen MR) is 105 cm³/mol. The van der Waals surface area contributed by atoms with E-state index in [-0.39, 0.29) is 17.6 Å². The van der Waals surface area contributed by atoms with Crippen molar-refractivity contribution < 1.29 is 19.0 Å². The van der Waals surface area contributed by atoms with E-state index in [1.807, 2.05) is 17.0 Å². The molecule has 0 N–H and O–H groups in total. The van der Waals surface area contributed by atoms with Crippen LogP contribution < -0.4 is 9.47 Å². The van der Waals surface area contributed by atoms with Crippen molar-refractivity contribution in [2.24, 2.45) is 0 Å². The zero-order chi connectivity index (χ0) is 19.7. The predicted octanol–water partition coefficient (Wildman–Crippen LogP) is 2.18. The van der Waals surface area contributed by atoms with E-state index in [2.05, 4.69) is 16.0 Å². The number of carbonyl (C=O) groups excluding carboxylic acids is 1. The Morgan fingerprint density at radius 2 is 2.21 bits per heavy atom. The molecule has 3 aliphatic heterocycles. The molecule has 0 radical (unpaired) electrons. The van der Waals surface area contributed by atoms with Crippen molar-refractivity contribution in [3.8, 4) is 11.6 Å². The minimum atomic E-state index is -0.287. The first-order chi connectivity index (χ1) is 14.2. The molecule has 2 aromatic rings. The number of likely N-dealkylation sites (tertiary alicyclic amines) is 1. The molecular weight excluding hydrogens is 370 g/mol. The van der Waals surface area contributed by atoms with Gasteiger partial charge in [-0.05, 0) is 30.0 Å². The Morgan fingerprint density at radius 3 is 3.07 bits per heavy atom. The smallest absolute Gasteiger partial charge is 0.232 e. The molecule has 7 heteroatoms. The third kappa shape index (κ3) is 3.92. The Balaban J connectivity index is 1.16. The summed E-state index contributed by atoms with van der Waals surface area (Å²) in [6, 6.07) is 6.11. The van der Waals surface area contributed by atoms with Gasteiger partial charge in [0.1, 0.15) is 17.5 Å². The van der Waals surface area contributed by atoms with E-state index in [1.165, 1.54) is 5.56 Å². The zero-order valence-electron chi connectivity index (χ0n) is 16.4. The van der Waals surface area contributed by atoms with Crippen molar-refractivity contribution in [1.29, 1.82) is 0 Å². The van der Waals surface area contributed by atoms with Crippen LogP contribution in [0, 0.1) is 0 Å². The second-order valence-electron chi connectivity index (χ2n) is 8.13. The van der Waals surface area contributed by atoms with E-state index in [0.29, 0.717) is 32.0 Å². The maximum absolute atomic E-state index is 12.8. The summed E-state index contributed by atoms with van der Waals surface area (Å²) in [7, 11) is 0. The summed E-state index contributed by atoms with van der Waals surface area (Å²) >= 11 is 0. The quantitative estimate of drug-likeness (QED) is 0.790. The lowest BCUT2D eigenvalue weighted by Gasteiger charge is -2.52. The second kappa shape index (κ2) is 7.63. The van der Waals surface area contributed by atoms with Crippen molar-refractivity contribution >= 4 is 5.91 Å². The van der Waals surface area contributed by atoms with Gasteiger partial charge in [0.2, 0.25) is 11.8 Å². The van der Waals surface area contributed by atoms with E-state index in [0.717, 1.165) is 43.6 Å². The number of hydrogen-bond acceptors (Lipinski definition) is 6. The maximum Gasteiger partial charge on any atom is 0.232 e. The number of fused-ring (bicyclic) bond motifs is 1. The van der Waals surface area contributed by atoms with Crippen LogP contribution in [0.5, 0.6) is 11.6 Å². The van der Waals surface area contributed by atoms with Crippen LogP contribution in [-0.4, -0.2) is 58.8 Å². The van der Waals surface area contributed by atoms with Gasteiger partial charge in [-0.15, -0.1) is 0 Å². The first kappa shape index (κ1) is 18.4. The first-order valence-electron chi connectivity index (χ1n) is 10.3. The zero-order valence-corrected chi connectivity index (χ0v) is 16.4. The van der Waals surface area contributed by atoms with Gasteiger partial charge in [-0.3, -0.25) is 9.78 Å². The topological polar surface area (TPSA) is 73.8 Å². The lowest BCUT2D eigenvalue weighted by molar-refractivity contribution is -0.193. The Labute approximate surface area is 170 Å². The van der Waals surface area contributed by atoms with Gasteiger partial charge in [-0.1, -0.05) is 12.1 Å². The average Bonchev–Trinajstić information content (AvgIpc) is 2.73. The van der Waals surface area contributed by atoms with Crippen molar-refractivity contribution in [3.63, 3.8) is 0 Å². The molecule has 152 valence electrons. The molecule has 7 nitrogen and oxygen atoms in total. The normalized spacial score (nSPS) is 22.3. The number of aryl methyl sites for hydroxylation is 1. The lowest BCUT2D eigenvalue weighted by Crippen LogP contribution is -2.67. The van der Waals surface area contributed by atoms with E-state index < -0.39 is 0 Å². The van der Waals surface area contributed by atoms with Crippen LogP contribution in [0.4, 0.5) is 0 Å². The molecule has 5 rings (SSSR count). The summed E-state index contributed by atoms with van der Waals surface area (Å²) < 4.78 is 17.7. The molecule has 2 saturated heterocycles. The van der Waals surface area contributed by atoms with E-state index in [9.17, 15) is 4.79 Å². The molecule has 1 spiro atoms. The van der Waals surface area contributed by atoms with Gasteiger partial charge in [0.05, 0.1) is 38.9 Å². The summed E-state index contributed by atoms with van der Waals surface area (Å²) in [4.78, 5) is 22.9. The highest BCUT2D eigenvalue weighted by atomic mass is 16.5. The van der Waals surface area contributed by atoms with Crippen LogP contribution in [0.3, 0.4) is 0 Å². The number of ether oxygens (including phenoxy) is 3. The largest absolute Gasteiger partial charge is 0.493 e. The molecule has 4 heterocycles. The Morgan fingerprint density at radius 1 is 1.28 bits per heavy atom. The fourth-order valence-electron chi connectivity index (χ4n) is 4.46. The molecule has 1 aromatic carbocycles. The molecule has 0 aliphatic carbocycles. The highest BCUT2D eigenvalue weighted by Crippen LogP contribution is 2.36. The maximum atomic E-state index is 12.8. The van der Waals surface area contributed by atoms with E-state index in [1.54, 1.807) is 18.6 Å². The third-order valence-corrected chi connectivity index (χ3v) is 5.91. The van der Waals surface area contributed by atoms with Gasteiger partial charge in [0.25, 0.3) is 0 Å². The van der Waals surface area contributed by atoms with Gasteiger partial charge in [0.15, 0.2) is 0 Å². The minimum absolute atomic E-state index is 0.0401. The number of amides is 1. The van der Waals surface area contributed by atoms with Gasteiger partial charge in [-0.25, -0.2) is 4.98 Å². The highest BCUT2D eigenvalue weighted by Gasteiger charge is 2.49. The van der Waals surface area contributed by atoms with Gasteiger partial charge < -0.3 is 19.1 Å². The summed E-state index contributed by atoms with van der Waals surface area (Å²) in [5.41, 5.74) is 1.97. The first-order valence-corrected chi connectivity index (χ1v) is 10.3. The number of hydrogen-bond donors (Lipinski definition) is 0. The number of nitrogens with zero attached hydrogens (tertiary/aromatic N) is 3. The fraction of sp³-hybridized carbons (Fsp3) is 0.500. The standard InChI is InChI=1S/C22H25N3O4/c26-21(11-16-3-4-19-17(10-16)2-1-8-27-19)25-14-22(15-25)12-18(5-9-28-22)29-20-13-23-6-7-24-20/h3-4,6-7,10,13,18H,1-2,5,8-9,11-12,14-15H2/t18-/m0/s1. The van der Waals surface area contributed by atoms with Crippen LogP contribution in [-0.2, 0) is 22.4 Å². The van der Waals surface area contributed by atoms with Crippen LogP contribution in [0.15, 0.2) is 36.8 Å². The number of aromatic nitrogens is 2. The minimum Gasteiger partial charge on any atom is -0.493 e. The molecule has 0 bridgehead atoms. The molecular formula is C22H25N3O4. The van der Waals surface area contributed by atoms with Crippen molar-refractivity contribution in [3.05, 3.63) is 47.9 Å². The molecule has 2 fully saturated rings. The van der Waals surface area contributed by atoms with E-state index in [4.69, 9.17) is 14.2 Å². The molecule has 1 aromatic heterocycles. The molecule has 0 unspecified atom stereocenters. The monoisotopic (exact) mass is 395 g/mol. The summed E-state index contributed by atoms with van der Waals surface area (Å²) in [6.07, 6.45) is 8.99. The lowest BCUT2D eigenvalue weighted by atomic mass is 9.84. The van der Waals surface area contributed by atoms with Crippen LogP contribution in [0.1, 0.15) is 30.4 Å². The van der Waals surface area contributed by atoms with Crippen LogP contribution >= 0.6 is 0 Å². The van der Waals surface area contributed by atoms with Crippen molar-refractivity contribution in [2.45, 2.75) is 43.8 Å². The molecule has 0 saturated carbocycles. The van der Waals surface area contributed by atoms with Gasteiger partial charge >= 0.3 is 0 Å². The summed E-state index contributed by atoms with van der Waals surface area (Å²) in [6.45, 7) is 2.67. The van der Waals surface area contributed by atoms with Crippen LogP contribution in [0.25, 0.3) is 0 Å². The summed E-state index contributed by atoms with van der Waals surface area (Å²) in [5.74, 6) is 1.64.